The maximum atomic E-state index is 13.3. The van der Waals surface area contributed by atoms with E-state index in [9.17, 15) is 22.8 Å². The van der Waals surface area contributed by atoms with Crippen LogP contribution in [0.4, 0.5) is 13.2 Å². The van der Waals surface area contributed by atoms with E-state index in [0.717, 1.165) is 12.1 Å². The number of carbonyl (C=O) groups excluding carboxylic acids is 2. The summed E-state index contributed by atoms with van der Waals surface area (Å²) in [7, 11) is 1.53. The molecule has 1 fully saturated rings. The van der Waals surface area contributed by atoms with E-state index in [1.807, 2.05) is 6.92 Å². The van der Waals surface area contributed by atoms with Crippen LogP contribution in [-0.2, 0) is 11.0 Å². The number of rotatable bonds is 7. The zero-order chi connectivity index (χ0) is 24.9. The van der Waals surface area contributed by atoms with Gasteiger partial charge in [-0.15, -0.1) is 0 Å². The number of hydrogen-bond donors (Lipinski definition) is 1. The van der Waals surface area contributed by atoms with E-state index >= 15 is 0 Å². The Morgan fingerprint density at radius 1 is 1.21 bits per heavy atom. The van der Waals surface area contributed by atoms with E-state index in [1.54, 1.807) is 35.2 Å². The molecule has 34 heavy (non-hydrogen) atoms. The lowest BCUT2D eigenvalue weighted by molar-refractivity contribution is -0.137. The lowest BCUT2D eigenvalue weighted by Gasteiger charge is -2.40. The average molecular weight is 476 g/mol. The third kappa shape index (κ3) is 6.17. The average Bonchev–Trinajstić information content (AvgIpc) is 2.82. The van der Waals surface area contributed by atoms with Gasteiger partial charge in [-0.1, -0.05) is 18.7 Å². The highest BCUT2D eigenvalue weighted by Crippen LogP contribution is 2.32. The number of nitrogens with one attached hydrogen (secondary N) is 1. The summed E-state index contributed by atoms with van der Waals surface area (Å²) in [6.45, 7) is 7.38. The SMILES string of the molecule is C=CC(=O)N1CCN(C[C@@H](Oc2ccc(C(=O)NC)cc2)c2cccc(C(F)(F)F)c2)C[C@H]1C. The molecule has 2 atom stereocenters. The van der Waals surface area contributed by atoms with Crippen LogP contribution in [0, 0.1) is 0 Å². The largest absolute Gasteiger partial charge is 0.484 e. The molecular weight excluding hydrogens is 447 g/mol. The van der Waals surface area contributed by atoms with Crippen molar-refractivity contribution in [1.82, 2.24) is 15.1 Å². The molecule has 9 heteroatoms. The Labute approximate surface area is 197 Å². The summed E-state index contributed by atoms with van der Waals surface area (Å²) < 4.78 is 46.2. The minimum Gasteiger partial charge on any atom is -0.484 e. The predicted molar refractivity (Wildman–Crippen MR) is 122 cm³/mol. The van der Waals surface area contributed by atoms with Gasteiger partial charge in [0.1, 0.15) is 11.9 Å². The number of halogens is 3. The zero-order valence-electron chi connectivity index (χ0n) is 19.1. The molecule has 182 valence electrons. The minimum absolute atomic E-state index is 0.0757. The van der Waals surface area contributed by atoms with Gasteiger partial charge in [0.2, 0.25) is 5.91 Å². The minimum atomic E-state index is -4.47. The van der Waals surface area contributed by atoms with E-state index in [2.05, 4.69) is 16.8 Å². The van der Waals surface area contributed by atoms with Crippen molar-refractivity contribution in [2.24, 2.45) is 0 Å². The molecule has 6 nitrogen and oxygen atoms in total. The fraction of sp³-hybridized carbons (Fsp3) is 0.360. The lowest BCUT2D eigenvalue weighted by Crippen LogP contribution is -2.54. The van der Waals surface area contributed by atoms with Crippen LogP contribution in [-0.4, -0.2) is 60.9 Å². The van der Waals surface area contributed by atoms with Crippen molar-refractivity contribution in [2.75, 3.05) is 33.2 Å². The Bertz CT molecular complexity index is 1020. The molecule has 1 saturated heterocycles. The first-order valence-electron chi connectivity index (χ1n) is 10.9. The van der Waals surface area contributed by atoms with Crippen LogP contribution < -0.4 is 10.1 Å². The third-order valence-electron chi connectivity index (χ3n) is 5.80. The molecule has 0 radical (unpaired) electrons. The Morgan fingerprint density at radius 3 is 2.50 bits per heavy atom. The van der Waals surface area contributed by atoms with Crippen LogP contribution in [0.2, 0.25) is 0 Å². The first-order valence-corrected chi connectivity index (χ1v) is 10.9. The first-order chi connectivity index (χ1) is 16.1. The van der Waals surface area contributed by atoms with Crippen LogP contribution in [0.25, 0.3) is 0 Å². The van der Waals surface area contributed by atoms with Crippen LogP contribution in [0.3, 0.4) is 0 Å². The maximum Gasteiger partial charge on any atom is 0.416 e. The highest BCUT2D eigenvalue weighted by atomic mass is 19.4. The van der Waals surface area contributed by atoms with E-state index in [4.69, 9.17) is 4.74 Å². The highest BCUT2D eigenvalue weighted by molar-refractivity contribution is 5.94. The summed E-state index contributed by atoms with van der Waals surface area (Å²) in [5.74, 6) is 0.0412. The van der Waals surface area contributed by atoms with Gasteiger partial charge >= 0.3 is 6.18 Å². The smallest absolute Gasteiger partial charge is 0.416 e. The van der Waals surface area contributed by atoms with Gasteiger partial charge in [-0.25, -0.2) is 0 Å². The second-order valence-electron chi connectivity index (χ2n) is 8.18. The van der Waals surface area contributed by atoms with E-state index in [0.29, 0.717) is 43.1 Å². The normalized spacial score (nSPS) is 17.7. The second kappa shape index (κ2) is 10.7. The quantitative estimate of drug-likeness (QED) is 0.617. The highest BCUT2D eigenvalue weighted by Gasteiger charge is 2.32. The van der Waals surface area contributed by atoms with Gasteiger partial charge in [0.25, 0.3) is 5.91 Å². The van der Waals surface area contributed by atoms with Crippen LogP contribution in [0.5, 0.6) is 5.75 Å². The Kier molecular flexibility index (Phi) is 7.98. The summed E-state index contributed by atoms with van der Waals surface area (Å²) >= 11 is 0. The van der Waals surface area contributed by atoms with Gasteiger partial charge in [-0.3, -0.25) is 14.5 Å². The van der Waals surface area contributed by atoms with Gasteiger partial charge < -0.3 is 15.0 Å². The van der Waals surface area contributed by atoms with Crippen LogP contribution >= 0.6 is 0 Å². The molecule has 0 spiro atoms. The van der Waals surface area contributed by atoms with Crippen molar-refractivity contribution in [3.63, 3.8) is 0 Å². The fourth-order valence-corrected chi connectivity index (χ4v) is 4.00. The summed E-state index contributed by atoms with van der Waals surface area (Å²) in [4.78, 5) is 27.6. The molecule has 2 aromatic carbocycles. The molecular formula is C25H28F3N3O3. The Hall–Kier alpha value is -3.33. The van der Waals surface area contributed by atoms with Crippen LogP contribution in [0.1, 0.15) is 34.5 Å². The number of piperazine rings is 1. The zero-order valence-corrected chi connectivity index (χ0v) is 19.1. The maximum absolute atomic E-state index is 13.3. The number of amides is 2. The van der Waals surface area contributed by atoms with E-state index in [1.165, 1.54) is 19.2 Å². The molecule has 2 amide bonds. The summed E-state index contributed by atoms with van der Waals surface area (Å²) in [5.41, 5.74) is 0.0908. The third-order valence-corrected chi connectivity index (χ3v) is 5.80. The molecule has 0 saturated carbocycles. The molecule has 0 aromatic heterocycles. The van der Waals surface area contributed by atoms with Gasteiger partial charge in [0, 0.05) is 44.8 Å². The van der Waals surface area contributed by atoms with Crippen molar-refractivity contribution in [3.8, 4) is 5.75 Å². The van der Waals surface area contributed by atoms with Gasteiger partial charge in [-0.05, 0) is 55.0 Å². The molecule has 0 unspecified atom stereocenters. The van der Waals surface area contributed by atoms with Gasteiger partial charge in [0.05, 0.1) is 5.56 Å². The summed E-state index contributed by atoms with van der Waals surface area (Å²) in [5, 5.41) is 2.53. The second-order valence-corrected chi connectivity index (χ2v) is 8.18. The van der Waals surface area contributed by atoms with E-state index < -0.39 is 17.8 Å². The molecule has 1 heterocycles. The Morgan fingerprint density at radius 2 is 1.91 bits per heavy atom. The van der Waals surface area contributed by atoms with Crippen LogP contribution in [0.15, 0.2) is 61.2 Å². The number of hydrogen-bond acceptors (Lipinski definition) is 4. The first kappa shape index (κ1) is 25.3. The topological polar surface area (TPSA) is 61.9 Å². The molecule has 3 rings (SSSR count). The number of alkyl halides is 3. The molecule has 0 aliphatic carbocycles. The lowest BCUT2D eigenvalue weighted by atomic mass is 10.0. The predicted octanol–water partition coefficient (Wildman–Crippen LogP) is 3.90. The number of ether oxygens (including phenoxy) is 1. The standard InChI is InChI=1S/C25H28F3N3O3/c1-4-23(32)31-13-12-30(15-17(31)2)16-22(19-6-5-7-20(14-19)25(26,27)28)34-21-10-8-18(9-11-21)24(33)29-3/h4-11,14,17,22H,1,12-13,15-16H2,2-3H3,(H,29,33)/t17-,22-/m1/s1. The van der Waals surface area contributed by atoms with E-state index in [-0.39, 0.29) is 17.9 Å². The summed E-state index contributed by atoms with van der Waals surface area (Å²) in [6.07, 6.45) is -3.88. The number of nitrogens with zero attached hydrogens (tertiary/aromatic N) is 2. The summed E-state index contributed by atoms with van der Waals surface area (Å²) in [6, 6.07) is 11.5. The molecule has 1 aliphatic rings. The molecule has 0 bridgehead atoms. The molecule has 1 N–H and O–H groups in total. The van der Waals surface area contributed by atoms with Gasteiger partial charge in [0.15, 0.2) is 0 Å². The molecule has 2 aromatic rings. The monoisotopic (exact) mass is 475 g/mol. The van der Waals surface area contributed by atoms with Gasteiger partial charge in [-0.2, -0.15) is 13.2 Å². The number of carbonyl (C=O) groups is 2. The van der Waals surface area contributed by atoms with Crippen molar-refractivity contribution >= 4 is 11.8 Å². The van der Waals surface area contributed by atoms with Crippen molar-refractivity contribution in [3.05, 3.63) is 77.9 Å². The van der Waals surface area contributed by atoms with Crippen molar-refractivity contribution < 1.29 is 27.5 Å². The molecule has 1 aliphatic heterocycles. The van der Waals surface area contributed by atoms with Crippen molar-refractivity contribution in [1.29, 1.82) is 0 Å². The number of benzene rings is 2. The fourth-order valence-electron chi connectivity index (χ4n) is 4.00. The Balaban J connectivity index is 1.83. The van der Waals surface area contributed by atoms with Crippen molar-refractivity contribution in [2.45, 2.75) is 25.2 Å².